The van der Waals surface area contributed by atoms with Gasteiger partial charge in [-0.3, -0.25) is 0 Å². The van der Waals surface area contributed by atoms with E-state index in [1.54, 1.807) is 6.07 Å². The van der Waals surface area contributed by atoms with Crippen molar-refractivity contribution in [1.82, 2.24) is 0 Å². The third-order valence-corrected chi connectivity index (χ3v) is 3.21. The van der Waals surface area contributed by atoms with Crippen molar-refractivity contribution in [3.8, 4) is 0 Å². The zero-order chi connectivity index (χ0) is 13.4. The number of allylic oxidation sites excluding steroid dienone is 1. The molecule has 1 unspecified atom stereocenters. The number of unbranched alkanes of at least 4 members (excludes halogenated alkanes) is 2. The first-order valence-corrected chi connectivity index (χ1v) is 7.06. The molecule has 0 spiro atoms. The highest BCUT2D eigenvalue weighted by Gasteiger charge is 2.12. The van der Waals surface area contributed by atoms with Gasteiger partial charge in [0.1, 0.15) is 6.10 Å². The molecule has 1 aromatic rings. The molecule has 0 aliphatic carbocycles. The number of hydrogen-bond acceptors (Lipinski definition) is 2. The molecule has 0 aliphatic rings. The fourth-order valence-corrected chi connectivity index (χ4v) is 1.95. The van der Waals surface area contributed by atoms with Gasteiger partial charge in [0.05, 0.1) is 5.56 Å². The Morgan fingerprint density at radius 1 is 1.44 bits per heavy atom. The van der Waals surface area contributed by atoms with Crippen molar-refractivity contribution in [3.05, 3.63) is 46.5 Å². The molecule has 0 aromatic heterocycles. The average Bonchev–Trinajstić information content (AvgIpc) is 2.35. The molecule has 0 radical (unpaired) electrons. The van der Waals surface area contributed by atoms with Crippen LogP contribution in [0, 0.1) is 0 Å². The van der Waals surface area contributed by atoms with Crippen LogP contribution >= 0.6 is 15.9 Å². The lowest BCUT2D eigenvalue weighted by atomic mass is 10.2. The highest BCUT2D eigenvalue weighted by Crippen LogP contribution is 2.17. The van der Waals surface area contributed by atoms with Gasteiger partial charge in [-0.25, -0.2) is 4.79 Å². The molecule has 3 heteroatoms. The normalized spacial score (nSPS) is 12.6. The Hall–Kier alpha value is -1.09. The van der Waals surface area contributed by atoms with Gasteiger partial charge in [-0.05, 0) is 47.5 Å². The van der Waals surface area contributed by atoms with Gasteiger partial charge < -0.3 is 4.74 Å². The molecule has 18 heavy (non-hydrogen) atoms. The molecule has 98 valence electrons. The van der Waals surface area contributed by atoms with Gasteiger partial charge >= 0.3 is 5.97 Å². The monoisotopic (exact) mass is 310 g/mol. The predicted molar refractivity (Wildman–Crippen MR) is 77.7 cm³/mol. The maximum absolute atomic E-state index is 11.9. The van der Waals surface area contributed by atoms with Gasteiger partial charge in [0.25, 0.3) is 0 Å². The van der Waals surface area contributed by atoms with Crippen LogP contribution < -0.4 is 0 Å². The molecule has 0 fully saturated rings. The Kier molecular flexibility index (Phi) is 6.73. The predicted octanol–water partition coefficient (Wildman–Crippen LogP) is 4.74. The molecular weight excluding hydrogens is 292 g/mol. The van der Waals surface area contributed by atoms with Crippen LogP contribution in [0.4, 0.5) is 0 Å². The van der Waals surface area contributed by atoms with Crippen molar-refractivity contribution in [2.75, 3.05) is 0 Å². The van der Waals surface area contributed by atoms with Crippen molar-refractivity contribution < 1.29 is 9.53 Å². The second kappa shape index (κ2) is 8.09. The second-order valence-corrected chi connectivity index (χ2v) is 5.01. The summed E-state index contributed by atoms with van der Waals surface area (Å²) >= 11 is 3.34. The summed E-state index contributed by atoms with van der Waals surface area (Å²) in [6.45, 7) is 4.03. The largest absolute Gasteiger partial charge is 0.455 e. The fourth-order valence-electron chi connectivity index (χ4n) is 1.51. The number of ether oxygens (including phenoxy) is 1. The van der Waals surface area contributed by atoms with Crippen LogP contribution in [0.5, 0.6) is 0 Å². The third kappa shape index (κ3) is 5.05. The summed E-state index contributed by atoms with van der Waals surface area (Å²) in [6, 6.07) is 7.27. The van der Waals surface area contributed by atoms with E-state index in [2.05, 4.69) is 28.9 Å². The smallest absolute Gasteiger partial charge is 0.339 e. The molecule has 2 nitrogen and oxygen atoms in total. The maximum atomic E-state index is 11.9. The number of benzene rings is 1. The summed E-state index contributed by atoms with van der Waals surface area (Å²) in [6.07, 6.45) is 7.19. The van der Waals surface area contributed by atoms with Gasteiger partial charge in [-0.15, -0.1) is 0 Å². The molecule has 0 heterocycles. The van der Waals surface area contributed by atoms with Crippen molar-refractivity contribution in [1.29, 1.82) is 0 Å². The average molecular weight is 311 g/mol. The molecule has 0 aliphatic heterocycles. The van der Waals surface area contributed by atoms with E-state index in [1.807, 2.05) is 31.2 Å². The summed E-state index contributed by atoms with van der Waals surface area (Å²) in [5.41, 5.74) is 0.561. The molecular formula is C15H19BrO2. The molecule has 0 saturated carbocycles. The summed E-state index contributed by atoms with van der Waals surface area (Å²) in [4.78, 5) is 11.9. The van der Waals surface area contributed by atoms with Crippen LogP contribution in [-0.2, 0) is 4.74 Å². The van der Waals surface area contributed by atoms with Crippen LogP contribution in [0.15, 0.2) is 40.9 Å². The molecule has 0 bridgehead atoms. The van der Waals surface area contributed by atoms with Crippen LogP contribution in [0.1, 0.15) is 43.5 Å². The minimum Gasteiger partial charge on any atom is -0.455 e. The molecule has 0 saturated heterocycles. The minimum absolute atomic E-state index is 0.193. The molecule has 1 atom stereocenters. The van der Waals surface area contributed by atoms with Gasteiger partial charge in [-0.2, -0.15) is 0 Å². The van der Waals surface area contributed by atoms with Gasteiger partial charge in [0, 0.05) is 4.47 Å². The quantitative estimate of drug-likeness (QED) is 0.431. The number of rotatable bonds is 6. The van der Waals surface area contributed by atoms with Crippen molar-refractivity contribution >= 4 is 21.9 Å². The summed E-state index contributed by atoms with van der Waals surface area (Å²) < 4.78 is 6.10. The van der Waals surface area contributed by atoms with Crippen LogP contribution in [0.3, 0.4) is 0 Å². The highest BCUT2D eigenvalue weighted by atomic mass is 79.9. The Bertz CT molecular complexity index is 413. The first-order valence-electron chi connectivity index (χ1n) is 6.27. The first kappa shape index (κ1) is 15.0. The first-order chi connectivity index (χ1) is 8.65. The Balaban J connectivity index is 2.50. The molecule has 1 aromatic carbocycles. The van der Waals surface area contributed by atoms with E-state index in [0.717, 1.165) is 10.9 Å². The van der Waals surface area contributed by atoms with Crippen LogP contribution in [0.25, 0.3) is 0 Å². The third-order valence-electron chi connectivity index (χ3n) is 2.52. The SMILES string of the molecule is CCCC/C=C/C(C)OC(=O)c1ccccc1Br. The van der Waals surface area contributed by atoms with Crippen molar-refractivity contribution in [2.24, 2.45) is 0 Å². The van der Waals surface area contributed by atoms with E-state index in [-0.39, 0.29) is 12.1 Å². The number of carbonyl (C=O) groups is 1. The van der Waals surface area contributed by atoms with Crippen molar-refractivity contribution in [2.45, 2.75) is 39.2 Å². The topological polar surface area (TPSA) is 26.3 Å². The zero-order valence-corrected chi connectivity index (χ0v) is 12.4. The Labute approximate surface area is 117 Å². The van der Waals surface area contributed by atoms with E-state index in [1.165, 1.54) is 12.8 Å². The van der Waals surface area contributed by atoms with Gasteiger partial charge in [0.2, 0.25) is 0 Å². The molecule has 1 rings (SSSR count). The standard InChI is InChI=1S/C15H19BrO2/c1-3-4-5-6-9-12(2)18-15(17)13-10-7-8-11-14(13)16/h6-12H,3-5H2,1-2H3/b9-6+. The molecule has 0 amide bonds. The lowest BCUT2D eigenvalue weighted by Gasteiger charge is -2.10. The second-order valence-electron chi connectivity index (χ2n) is 4.16. The van der Waals surface area contributed by atoms with E-state index < -0.39 is 0 Å². The van der Waals surface area contributed by atoms with E-state index in [9.17, 15) is 4.79 Å². The highest BCUT2D eigenvalue weighted by molar-refractivity contribution is 9.10. The summed E-state index contributed by atoms with van der Waals surface area (Å²) in [5, 5.41) is 0. The maximum Gasteiger partial charge on any atom is 0.339 e. The van der Waals surface area contributed by atoms with E-state index in [0.29, 0.717) is 5.56 Å². The lowest BCUT2D eigenvalue weighted by Crippen LogP contribution is -2.13. The lowest BCUT2D eigenvalue weighted by molar-refractivity contribution is 0.0423. The molecule has 0 N–H and O–H groups in total. The summed E-state index contributed by atoms with van der Waals surface area (Å²) in [5.74, 6) is -0.296. The Morgan fingerprint density at radius 3 is 2.83 bits per heavy atom. The number of hydrogen-bond donors (Lipinski definition) is 0. The number of halogens is 1. The van der Waals surface area contributed by atoms with Gasteiger partial charge in [-0.1, -0.05) is 38.0 Å². The van der Waals surface area contributed by atoms with Crippen LogP contribution in [0.2, 0.25) is 0 Å². The summed E-state index contributed by atoms with van der Waals surface area (Å²) in [7, 11) is 0. The number of esters is 1. The van der Waals surface area contributed by atoms with Gasteiger partial charge in [0.15, 0.2) is 0 Å². The van der Waals surface area contributed by atoms with Crippen molar-refractivity contribution in [3.63, 3.8) is 0 Å². The van der Waals surface area contributed by atoms with E-state index in [4.69, 9.17) is 4.74 Å². The minimum atomic E-state index is -0.296. The fraction of sp³-hybridized carbons (Fsp3) is 0.400. The Morgan fingerprint density at radius 2 is 2.17 bits per heavy atom. The van der Waals surface area contributed by atoms with Crippen LogP contribution in [-0.4, -0.2) is 12.1 Å². The van der Waals surface area contributed by atoms with E-state index >= 15 is 0 Å². The zero-order valence-electron chi connectivity index (χ0n) is 10.9. The number of carbonyl (C=O) groups excluding carboxylic acids is 1.